The van der Waals surface area contributed by atoms with Gasteiger partial charge >= 0.3 is 5.97 Å². The van der Waals surface area contributed by atoms with Gasteiger partial charge in [-0.25, -0.2) is 4.79 Å². The third-order valence-corrected chi connectivity index (χ3v) is 4.45. The van der Waals surface area contributed by atoms with Crippen LogP contribution in [-0.4, -0.2) is 10.9 Å². The lowest BCUT2D eigenvalue weighted by Crippen LogP contribution is -2.10. The maximum absolute atomic E-state index is 12.3. The molecule has 0 aliphatic rings. The molecule has 0 radical (unpaired) electrons. The number of benzene rings is 3. The lowest BCUT2D eigenvalue weighted by atomic mass is 10.0. The molecule has 0 saturated heterocycles. The van der Waals surface area contributed by atoms with Gasteiger partial charge in [0.25, 0.3) is 5.69 Å². The molecule has 0 amide bonds. The predicted molar refractivity (Wildman–Crippen MR) is 101 cm³/mol. The summed E-state index contributed by atoms with van der Waals surface area (Å²) in [6.45, 7) is 1.62. The highest BCUT2D eigenvalue weighted by atomic mass is 16.6. The molecule has 0 aliphatic carbocycles. The molecule has 0 saturated carbocycles. The quantitative estimate of drug-likeness (QED) is 0.276. The zero-order valence-corrected chi connectivity index (χ0v) is 14.4. The Kier molecular flexibility index (Phi) is 4.08. The summed E-state index contributed by atoms with van der Waals surface area (Å²) in [4.78, 5) is 23.4. The second-order valence-corrected chi connectivity index (χ2v) is 6.18. The second kappa shape index (κ2) is 6.57. The number of hydrogen-bond acceptors (Lipinski definition) is 5. The highest BCUT2D eigenvalue weighted by Crippen LogP contribution is 2.37. The summed E-state index contributed by atoms with van der Waals surface area (Å²) < 4.78 is 11.2. The van der Waals surface area contributed by atoms with Gasteiger partial charge in [-0.05, 0) is 31.2 Å². The summed E-state index contributed by atoms with van der Waals surface area (Å²) in [7, 11) is 0. The molecule has 0 aliphatic heterocycles. The van der Waals surface area contributed by atoms with Crippen LogP contribution >= 0.6 is 0 Å². The highest BCUT2D eigenvalue weighted by Gasteiger charge is 2.25. The van der Waals surface area contributed by atoms with Crippen molar-refractivity contribution in [2.24, 2.45) is 0 Å². The summed E-state index contributed by atoms with van der Waals surface area (Å²) >= 11 is 0. The Labute approximate surface area is 154 Å². The van der Waals surface area contributed by atoms with Gasteiger partial charge in [0.05, 0.1) is 22.1 Å². The number of carbonyl (C=O) groups is 1. The van der Waals surface area contributed by atoms with Crippen molar-refractivity contribution in [3.8, 4) is 0 Å². The predicted octanol–water partition coefficient (Wildman–Crippen LogP) is 5.41. The average molecular weight is 361 g/mol. The van der Waals surface area contributed by atoms with Crippen LogP contribution in [0.4, 0.5) is 5.69 Å². The number of hydrogen-bond donors (Lipinski definition) is 0. The van der Waals surface area contributed by atoms with E-state index in [-0.39, 0.29) is 5.69 Å². The SMILES string of the molecule is CC(OC(=O)c1ccccc1)c1cc2c(cc1[N+](=O)[O-])oc1ccccc12. The van der Waals surface area contributed by atoms with Crippen LogP contribution in [0.3, 0.4) is 0 Å². The molecule has 1 atom stereocenters. The maximum atomic E-state index is 12.3. The molecule has 0 bridgehead atoms. The minimum absolute atomic E-state index is 0.144. The van der Waals surface area contributed by atoms with Crippen molar-refractivity contribution < 1.29 is 18.9 Å². The first-order chi connectivity index (χ1) is 13.0. The van der Waals surface area contributed by atoms with Gasteiger partial charge in [0, 0.05) is 10.8 Å². The molecular formula is C21H15NO5. The van der Waals surface area contributed by atoms with Crippen molar-refractivity contribution in [3.63, 3.8) is 0 Å². The number of esters is 1. The molecule has 1 heterocycles. The summed E-state index contributed by atoms with van der Waals surface area (Å²) in [5.74, 6) is -0.533. The van der Waals surface area contributed by atoms with Crippen LogP contribution in [0, 0.1) is 10.1 Å². The highest BCUT2D eigenvalue weighted by molar-refractivity contribution is 6.05. The number of rotatable bonds is 4. The first kappa shape index (κ1) is 16.8. The smallest absolute Gasteiger partial charge is 0.338 e. The third kappa shape index (κ3) is 3.01. The Balaban J connectivity index is 1.78. The van der Waals surface area contributed by atoms with E-state index in [4.69, 9.17) is 9.15 Å². The van der Waals surface area contributed by atoms with E-state index in [0.29, 0.717) is 22.3 Å². The van der Waals surface area contributed by atoms with Crippen LogP contribution < -0.4 is 0 Å². The number of fused-ring (bicyclic) bond motifs is 3. The molecule has 6 heteroatoms. The van der Waals surface area contributed by atoms with Gasteiger partial charge in [-0.1, -0.05) is 36.4 Å². The van der Waals surface area contributed by atoms with E-state index >= 15 is 0 Å². The Morgan fingerprint density at radius 2 is 1.70 bits per heavy atom. The number of carbonyl (C=O) groups excluding carboxylic acids is 1. The molecule has 4 rings (SSSR count). The molecule has 0 fully saturated rings. The van der Waals surface area contributed by atoms with Crippen molar-refractivity contribution >= 4 is 33.6 Å². The van der Waals surface area contributed by atoms with Crippen LogP contribution in [0.1, 0.15) is 28.9 Å². The summed E-state index contributed by atoms with van der Waals surface area (Å²) in [5.41, 5.74) is 1.64. The van der Waals surface area contributed by atoms with Gasteiger partial charge in [-0.2, -0.15) is 0 Å². The molecule has 1 aromatic heterocycles. The summed E-state index contributed by atoms with van der Waals surface area (Å²) in [6.07, 6.45) is -0.795. The molecule has 6 nitrogen and oxygen atoms in total. The van der Waals surface area contributed by atoms with Crippen LogP contribution in [0.25, 0.3) is 21.9 Å². The van der Waals surface area contributed by atoms with E-state index in [9.17, 15) is 14.9 Å². The Bertz CT molecular complexity index is 1160. The fourth-order valence-electron chi connectivity index (χ4n) is 3.13. The Morgan fingerprint density at radius 1 is 1.00 bits per heavy atom. The van der Waals surface area contributed by atoms with Crippen LogP contribution in [0.15, 0.2) is 71.1 Å². The van der Waals surface area contributed by atoms with E-state index < -0.39 is 17.0 Å². The van der Waals surface area contributed by atoms with Crippen molar-refractivity contribution in [1.29, 1.82) is 0 Å². The topological polar surface area (TPSA) is 82.6 Å². The number of para-hydroxylation sites is 1. The van der Waals surface area contributed by atoms with Crippen molar-refractivity contribution in [2.45, 2.75) is 13.0 Å². The number of ether oxygens (including phenoxy) is 1. The lowest BCUT2D eigenvalue weighted by molar-refractivity contribution is -0.386. The van der Waals surface area contributed by atoms with E-state index in [1.54, 1.807) is 49.4 Å². The monoisotopic (exact) mass is 361 g/mol. The summed E-state index contributed by atoms with van der Waals surface area (Å²) in [5, 5.41) is 13.2. The Morgan fingerprint density at radius 3 is 2.44 bits per heavy atom. The number of nitro benzene ring substituents is 1. The molecule has 0 N–H and O–H groups in total. The van der Waals surface area contributed by atoms with Gasteiger partial charge in [0.15, 0.2) is 0 Å². The van der Waals surface area contributed by atoms with Gasteiger partial charge in [0.1, 0.15) is 17.3 Å². The van der Waals surface area contributed by atoms with Gasteiger partial charge < -0.3 is 9.15 Å². The van der Waals surface area contributed by atoms with Gasteiger partial charge in [0.2, 0.25) is 0 Å². The normalized spacial score (nSPS) is 12.2. The standard InChI is InChI=1S/C21H15NO5/c1-13(26-21(23)14-7-3-2-4-8-14)16-11-17-15-9-5-6-10-19(15)27-20(17)12-18(16)22(24)25/h2-13H,1H3. The first-order valence-electron chi connectivity index (χ1n) is 8.40. The van der Waals surface area contributed by atoms with Gasteiger partial charge in [-0.3, -0.25) is 10.1 Å². The molecule has 1 unspecified atom stereocenters. The molecule has 4 aromatic rings. The lowest BCUT2D eigenvalue weighted by Gasteiger charge is -2.14. The van der Waals surface area contributed by atoms with E-state index in [2.05, 4.69) is 0 Å². The fourth-order valence-corrected chi connectivity index (χ4v) is 3.13. The molecule has 134 valence electrons. The van der Waals surface area contributed by atoms with E-state index in [0.717, 1.165) is 10.8 Å². The van der Waals surface area contributed by atoms with Crippen LogP contribution in [0.5, 0.6) is 0 Å². The van der Waals surface area contributed by atoms with Crippen molar-refractivity contribution in [1.82, 2.24) is 0 Å². The molecule has 27 heavy (non-hydrogen) atoms. The second-order valence-electron chi connectivity index (χ2n) is 6.18. The largest absolute Gasteiger partial charge is 0.456 e. The molecule has 3 aromatic carbocycles. The van der Waals surface area contributed by atoms with E-state index in [1.807, 2.05) is 18.2 Å². The van der Waals surface area contributed by atoms with Crippen LogP contribution in [0.2, 0.25) is 0 Å². The third-order valence-electron chi connectivity index (χ3n) is 4.45. The van der Waals surface area contributed by atoms with E-state index in [1.165, 1.54) is 6.07 Å². The zero-order valence-electron chi connectivity index (χ0n) is 14.4. The number of furan rings is 1. The maximum Gasteiger partial charge on any atom is 0.338 e. The fraction of sp³-hybridized carbons (Fsp3) is 0.0952. The van der Waals surface area contributed by atoms with Crippen LogP contribution in [-0.2, 0) is 4.74 Å². The number of nitro groups is 1. The van der Waals surface area contributed by atoms with Crippen molar-refractivity contribution in [2.75, 3.05) is 0 Å². The minimum Gasteiger partial charge on any atom is -0.456 e. The van der Waals surface area contributed by atoms with Crippen molar-refractivity contribution in [3.05, 3.63) is 88.0 Å². The first-order valence-corrected chi connectivity index (χ1v) is 8.40. The zero-order chi connectivity index (χ0) is 19.0. The van der Waals surface area contributed by atoms with Gasteiger partial charge in [-0.15, -0.1) is 0 Å². The number of nitrogens with zero attached hydrogens (tertiary/aromatic N) is 1. The molecule has 0 spiro atoms. The summed E-state index contributed by atoms with van der Waals surface area (Å²) in [6, 6.07) is 19.0. The average Bonchev–Trinajstić information content (AvgIpc) is 3.05. The Hall–Kier alpha value is -3.67. The molecular weight excluding hydrogens is 346 g/mol. The minimum atomic E-state index is -0.795.